The van der Waals surface area contributed by atoms with Crippen LogP contribution in [0.15, 0.2) is 18.2 Å². The Labute approximate surface area is 125 Å². The van der Waals surface area contributed by atoms with E-state index in [-0.39, 0.29) is 10.7 Å². The highest BCUT2D eigenvalue weighted by Crippen LogP contribution is 2.29. The van der Waals surface area contributed by atoms with Crippen LogP contribution < -0.4 is 5.32 Å². The molecule has 0 radical (unpaired) electrons. The maximum Gasteiger partial charge on any atom is 0.289 e. The number of aliphatic hydroxyl groups excluding tert-OH is 3. The Bertz CT molecular complexity index is 542. The highest BCUT2D eigenvalue weighted by atomic mass is 35.5. The molecular formula is C12H15ClN2O6. The van der Waals surface area contributed by atoms with Crippen molar-refractivity contribution in [3.8, 4) is 0 Å². The number of nitrogens with zero attached hydrogens (tertiary/aromatic N) is 1. The number of benzene rings is 1. The van der Waals surface area contributed by atoms with Gasteiger partial charge in [0.05, 0.1) is 11.0 Å². The van der Waals surface area contributed by atoms with E-state index in [1.807, 2.05) is 0 Å². The third kappa shape index (κ3) is 3.25. The van der Waals surface area contributed by atoms with E-state index in [1.165, 1.54) is 18.2 Å². The van der Waals surface area contributed by atoms with Crippen LogP contribution in [0.1, 0.15) is 6.92 Å². The third-order valence-electron chi connectivity index (χ3n) is 3.30. The number of anilines is 1. The lowest BCUT2D eigenvalue weighted by atomic mass is 9.99. The van der Waals surface area contributed by atoms with Crippen LogP contribution in [0.2, 0.25) is 5.02 Å². The Kier molecular flexibility index (Phi) is 4.64. The molecule has 0 spiro atoms. The molecule has 1 aromatic rings. The summed E-state index contributed by atoms with van der Waals surface area (Å²) >= 11 is 5.70. The predicted molar refractivity (Wildman–Crippen MR) is 74.1 cm³/mol. The zero-order chi connectivity index (χ0) is 15.7. The molecule has 0 amide bonds. The topological polar surface area (TPSA) is 125 Å². The minimum atomic E-state index is -1.38. The molecular weight excluding hydrogens is 304 g/mol. The van der Waals surface area contributed by atoms with Gasteiger partial charge in [-0.15, -0.1) is 0 Å². The monoisotopic (exact) mass is 318 g/mol. The third-order valence-corrected chi connectivity index (χ3v) is 3.62. The smallest absolute Gasteiger partial charge is 0.289 e. The second kappa shape index (κ2) is 6.12. The lowest BCUT2D eigenvalue weighted by molar-refractivity contribution is -0.384. The van der Waals surface area contributed by atoms with Gasteiger partial charge in [-0.1, -0.05) is 11.6 Å². The van der Waals surface area contributed by atoms with Gasteiger partial charge in [-0.25, -0.2) is 0 Å². The molecule has 21 heavy (non-hydrogen) atoms. The second-order valence-electron chi connectivity index (χ2n) is 4.80. The van der Waals surface area contributed by atoms with Crippen LogP contribution in [0.25, 0.3) is 0 Å². The second-order valence-corrected chi connectivity index (χ2v) is 5.21. The molecule has 1 aliphatic rings. The van der Waals surface area contributed by atoms with Crippen LogP contribution in [0.5, 0.6) is 0 Å². The summed E-state index contributed by atoms with van der Waals surface area (Å²) in [6, 6.07) is 4.01. The number of ether oxygens (including phenoxy) is 1. The fourth-order valence-corrected chi connectivity index (χ4v) is 2.26. The Balaban J connectivity index is 2.18. The zero-order valence-electron chi connectivity index (χ0n) is 11.0. The first-order valence-electron chi connectivity index (χ1n) is 6.21. The zero-order valence-corrected chi connectivity index (χ0v) is 11.8. The van der Waals surface area contributed by atoms with E-state index in [0.29, 0.717) is 5.69 Å². The first-order chi connectivity index (χ1) is 9.81. The Morgan fingerprint density at radius 2 is 1.95 bits per heavy atom. The predicted octanol–water partition coefficient (Wildman–Crippen LogP) is 0.488. The van der Waals surface area contributed by atoms with Gasteiger partial charge in [0.15, 0.2) is 6.23 Å². The SMILES string of the molecule is CC1O[C@@H](Nc2ccc(Cl)c([N+](=O)[O-])c2)C(O)[C@@H](O)[C@H]1O. The quantitative estimate of drug-likeness (QED) is 0.472. The highest BCUT2D eigenvalue weighted by Gasteiger charge is 2.41. The van der Waals surface area contributed by atoms with Gasteiger partial charge in [-0.2, -0.15) is 0 Å². The number of aliphatic hydroxyl groups is 3. The van der Waals surface area contributed by atoms with Crippen molar-refractivity contribution < 1.29 is 25.0 Å². The Morgan fingerprint density at radius 1 is 1.29 bits per heavy atom. The van der Waals surface area contributed by atoms with Gasteiger partial charge in [-0.05, 0) is 19.1 Å². The van der Waals surface area contributed by atoms with Gasteiger partial charge in [0, 0.05) is 11.8 Å². The fraction of sp³-hybridized carbons (Fsp3) is 0.500. The summed E-state index contributed by atoms with van der Waals surface area (Å²) in [6.45, 7) is 1.54. The van der Waals surface area contributed by atoms with E-state index < -0.39 is 35.6 Å². The molecule has 1 fully saturated rings. The molecule has 1 aliphatic heterocycles. The molecule has 1 aromatic carbocycles. The molecule has 9 heteroatoms. The molecule has 0 aromatic heterocycles. The maximum absolute atomic E-state index is 10.8. The minimum absolute atomic E-state index is 0.0144. The molecule has 2 rings (SSSR count). The Morgan fingerprint density at radius 3 is 2.57 bits per heavy atom. The van der Waals surface area contributed by atoms with E-state index in [1.54, 1.807) is 6.92 Å². The van der Waals surface area contributed by atoms with Crippen molar-refractivity contribution in [2.75, 3.05) is 5.32 Å². The van der Waals surface area contributed by atoms with Crippen LogP contribution in [0.3, 0.4) is 0 Å². The molecule has 0 bridgehead atoms. The van der Waals surface area contributed by atoms with Crippen molar-refractivity contribution in [1.29, 1.82) is 0 Å². The molecule has 5 atom stereocenters. The highest BCUT2D eigenvalue weighted by molar-refractivity contribution is 6.32. The summed E-state index contributed by atoms with van der Waals surface area (Å²) in [4.78, 5) is 10.2. The average Bonchev–Trinajstić information content (AvgIpc) is 2.44. The van der Waals surface area contributed by atoms with Crippen molar-refractivity contribution in [2.24, 2.45) is 0 Å². The molecule has 4 N–H and O–H groups in total. The summed E-state index contributed by atoms with van der Waals surface area (Å²) in [5, 5.41) is 42.7. The van der Waals surface area contributed by atoms with Crippen LogP contribution in [0, 0.1) is 10.1 Å². The number of nitro groups is 1. The molecule has 2 unspecified atom stereocenters. The van der Waals surface area contributed by atoms with E-state index in [9.17, 15) is 25.4 Å². The van der Waals surface area contributed by atoms with E-state index in [2.05, 4.69) is 5.32 Å². The van der Waals surface area contributed by atoms with Gasteiger partial charge < -0.3 is 25.4 Å². The van der Waals surface area contributed by atoms with Crippen molar-refractivity contribution in [3.05, 3.63) is 33.3 Å². The van der Waals surface area contributed by atoms with E-state index in [0.717, 1.165) is 0 Å². The standard InChI is InChI=1S/C12H15ClN2O6/c1-5-9(16)10(17)11(18)12(21-5)14-6-2-3-7(13)8(4-6)15(19)20/h2-5,9-12,14,16-18H,1H3/t5?,9-,10-,11?,12+/m0/s1. The lowest BCUT2D eigenvalue weighted by Crippen LogP contribution is -2.58. The fourth-order valence-electron chi connectivity index (χ4n) is 2.08. The van der Waals surface area contributed by atoms with Gasteiger partial charge >= 0.3 is 0 Å². The van der Waals surface area contributed by atoms with E-state index in [4.69, 9.17) is 16.3 Å². The average molecular weight is 319 g/mol. The first-order valence-corrected chi connectivity index (χ1v) is 6.59. The minimum Gasteiger partial charge on any atom is -0.388 e. The summed E-state index contributed by atoms with van der Waals surface area (Å²) in [7, 11) is 0. The van der Waals surface area contributed by atoms with Gasteiger partial charge in [-0.3, -0.25) is 10.1 Å². The summed E-state index contributed by atoms with van der Waals surface area (Å²) < 4.78 is 5.34. The number of halogens is 1. The number of hydrogen-bond acceptors (Lipinski definition) is 7. The lowest BCUT2D eigenvalue weighted by Gasteiger charge is -2.39. The molecule has 1 saturated heterocycles. The van der Waals surface area contributed by atoms with Crippen LogP contribution in [-0.4, -0.2) is 50.9 Å². The molecule has 116 valence electrons. The van der Waals surface area contributed by atoms with E-state index >= 15 is 0 Å². The number of hydrogen-bond donors (Lipinski definition) is 4. The van der Waals surface area contributed by atoms with Gasteiger partial charge in [0.2, 0.25) is 0 Å². The molecule has 1 heterocycles. The van der Waals surface area contributed by atoms with Crippen LogP contribution >= 0.6 is 11.6 Å². The van der Waals surface area contributed by atoms with Gasteiger partial charge in [0.1, 0.15) is 23.3 Å². The molecule has 0 saturated carbocycles. The van der Waals surface area contributed by atoms with Gasteiger partial charge in [0.25, 0.3) is 5.69 Å². The van der Waals surface area contributed by atoms with Crippen molar-refractivity contribution in [3.63, 3.8) is 0 Å². The molecule has 0 aliphatic carbocycles. The first kappa shape index (κ1) is 15.9. The summed E-state index contributed by atoms with van der Waals surface area (Å²) in [5.41, 5.74) is 0.00605. The Hall–Kier alpha value is -1.45. The van der Waals surface area contributed by atoms with Crippen molar-refractivity contribution in [1.82, 2.24) is 0 Å². The largest absolute Gasteiger partial charge is 0.388 e. The van der Waals surface area contributed by atoms with Crippen LogP contribution in [0.4, 0.5) is 11.4 Å². The molecule has 8 nitrogen and oxygen atoms in total. The van der Waals surface area contributed by atoms with Crippen LogP contribution in [-0.2, 0) is 4.74 Å². The maximum atomic E-state index is 10.8. The summed E-state index contributed by atoms with van der Waals surface area (Å²) in [6.07, 6.45) is -5.69. The number of rotatable bonds is 3. The number of nitro benzene ring substituents is 1. The van der Waals surface area contributed by atoms with Crippen molar-refractivity contribution >= 4 is 23.0 Å². The van der Waals surface area contributed by atoms with Crippen molar-refractivity contribution in [2.45, 2.75) is 37.6 Å². The number of nitrogens with one attached hydrogen (secondary N) is 1. The summed E-state index contributed by atoms with van der Waals surface area (Å²) in [5.74, 6) is 0. The normalized spacial score (nSPS) is 32.7.